The molecule has 2 aromatic rings. The molecule has 3 nitrogen and oxygen atoms in total. The van der Waals surface area contributed by atoms with Crippen LogP contribution in [0.25, 0.3) is 16.6 Å². The van der Waals surface area contributed by atoms with Gasteiger partial charge in [-0.3, -0.25) is 0 Å². The highest BCUT2D eigenvalue weighted by atomic mass is 15.2. The van der Waals surface area contributed by atoms with Gasteiger partial charge in [-0.25, -0.2) is 4.98 Å². The van der Waals surface area contributed by atoms with E-state index in [9.17, 15) is 0 Å². The summed E-state index contributed by atoms with van der Waals surface area (Å²) < 4.78 is 2.36. The average Bonchev–Trinajstić information content (AvgIpc) is 3.11. The van der Waals surface area contributed by atoms with Crippen molar-refractivity contribution in [2.75, 3.05) is 13.6 Å². The van der Waals surface area contributed by atoms with Gasteiger partial charge in [-0.2, -0.15) is 0 Å². The van der Waals surface area contributed by atoms with E-state index in [1.807, 2.05) is 26.8 Å². The van der Waals surface area contributed by atoms with E-state index in [2.05, 4.69) is 67.4 Å². The van der Waals surface area contributed by atoms with Gasteiger partial charge < -0.3 is 9.47 Å². The summed E-state index contributed by atoms with van der Waals surface area (Å²) >= 11 is 0. The smallest absolute Gasteiger partial charge is 0.0888 e. The fourth-order valence-electron chi connectivity index (χ4n) is 3.73. The third kappa shape index (κ3) is 4.04. The van der Waals surface area contributed by atoms with Crippen molar-refractivity contribution in [3.8, 4) is 0 Å². The van der Waals surface area contributed by atoms with Gasteiger partial charge in [0, 0.05) is 24.8 Å². The van der Waals surface area contributed by atoms with Gasteiger partial charge in [-0.15, -0.1) is 0 Å². The highest BCUT2D eigenvalue weighted by molar-refractivity contribution is 5.80. The van der Waals surface area contributed by atoms with Crippen molar-refractivity contribution in [2.45, 2.75) is 53.1 Å². The number of allylic oxidation sites excluding steroid dienone is 3. The second-order valence-electron chi connectivity index (χ2n) is 7.28. The Morgan fingerprint density at radius 1 is 1.32 bits per heavy atom. The lowest BCUT2D eigenvalue weighted by Gasteiger charge is -2.26. The third-order valence-corrected chi connectivity index (χ3v) is 5.26. The summed E-state index contributed by atoms with van der Waals surface area (Å²) in [5.74, 6) is 0.699. The Bertz CT molecular complexity index is 752. The highest BCUT2D eigenvalue weighted by Gasteiger charge is 2.35. The summed E-state index contributed by atoms with van der Waals surface area (Å²) in [5, 5.41) is 0. The van der Waals surface area contributed by atoms with Crippen molar-refractivity contribution in [1.82, 2.24) is 14.5 Å². The molecule has 0 amide bonds. The maximum Gasteiger partial charge on any atom is 0.0888 e. The first-order chi connectivity index (χ1) is 11.9. The van der Waals surface area contributed by atoms with E-state index in [1.54, 1.807) is 0 Å². The van der Waals surface area contributed by atoms with Crippen LogP contribution in [-0.2, 0) is 6.54 Å². The van der Waals surface area contributed by atoms with Crippen LogP contribution in [0, 0.1) is 5.92 Å². The zero-order chi connectivity index (χ0) is 18.6. The minimum atomic E-state index is 0.309. The van der Waals surface area contributed by atoms with Gasteiger partial charge in [-0.05, 0) is 63.9 Å². The minimum absolute atomic E-state index is 0.309. The van der Waals surface area contributed by atoms with E-state index in [0.29, 0.717) is 11.5 Å². The molecular formula is C22H33N3. The molecule has 25 heavy (non-hydrogen) atoms. The molecule has 0 aliphatic carbocycles. The molecule has 3 heteroatoms. The first kappa shape index (κ1) is 19.5. The molecule has 0 spiro atoms. The quantitative estimate of drug-likeness (QED) is 0.697. The summed E-state index contributed by atoms with van der Waals surface area (Å²) in [6.45, 7) is 16.8. The number of fused-ring (bicyclic) bond motifs is 1. The van der Waals surface area contributed by atoms with Gasteiger partial charge in [0.15, 0.2) is 0 Å². The van der Waals surface area contributed by atoms with Crippen molar-refractivity contribution >= 4 is 16.6 Å². The Kier molecular flexibility index (Phi) is 6.23. The van der Waals surface area contributed by atoms with E-state index in [1.165, 1.54) is 11.9 Å². The summed E-state index contributed by atoms with van der Waals surface area (Å²) in [7, 11) is 2.23. The SMILES string of the molecule is C=C/C(=C\C)c1ccc2c(ccn2CC2CN(C)C(C)(C)C2)n1.CC. The minimum Gasteiger partial charge on any atom is -0.346 e. The second kappa shape index (κ2) is 8.01. The molecule has 2 aromatic heterocycles. The Hall–Kier alpha value is -1.87. The molecule has 1 fully saturated rings. The van der Waals surface area contributed by atoms with Crippen LogP contribution in [0.1, 0.15) is 46.7 Å². The average molecular weight is 340 g/mol. The zero-order valence-electron chi connectivity index (χ0n) is 16.7. The molecule has 1 aliphatic rings. The van der Waals surface area contributed by atoms with Gasteiger partial charge >= 0.3 is 0 Å². The van der Waals surface area contributed by atoms with Crippen LogP contribution < -0.4 is 0 Å². The number of hydrogen-bond acceptors (Lipinski definition) is 2. The van der Waals surface area contributed by atoms with Crippen LogP contribution in [0.15, 0.2) is 43.1 Å². The molecule has 3 rings (SSSR count). The second-order valence-corrected chi connectivity index (χ2v) is 7.28. The first-order valence-corrected chi connectivity index (χ1v) is 9.41. The normalized spacial score (nSPS) is 20.4. The summed E-state index contributed by atoms with van der Waals surface area (Å²) in [6, 6.07) is 6.41. The number of hydrogen-bond donors (Lipinski definition) is 0. The van der Waals surface area contributed by atoms with Crippen molar-refractivity contribution in [3.05, 3.63) is 48.8 Å². The monoisotopic (exact) mass is 339 g/mol. The van der Waals surface area contributed by atoms with Crippen molar-refractivity contribution in [1.29, 1.82) is 0 Å². The molecule has 0 saturated carbocycles. The largest absolute Gasteiger partial charge is 0.346 e. The molecule has 1 unspecified atom stereocenters. The fourth-order valence-corrected chi connectivity index (χ4v) is 3.73. The van der Waals surface area contributed by atoms with Crippen LogP contribution in [0.4, 0.5) is 0 Å². The number of aromatic nitrogens is 2. The van der Waals surface area contributed by atoms with Crippen molar-refractivity contribution in [3.63, 3.8) is 0 Å². The fraction of sp³-hybridized carbons (Fsp3) is 0.500. The topological polar surface area (TPSA) is 21.1 Å². The Balaban J connectivity index is 0.00000109. The lowest BCUT2D eigenvalue weighted by atomic mass is 9.96. The highest BCUT2D eigenvalue weighted by Crippen LogP contribution is 2.32. The van der Waals surface area contributed by atoms with Gasteiger partial charge in [0.05, 0.1) is 16.7 Å². The first-order valence-electron chi connectivity index (χ1n) is 9.41. The van der Waals surface area contributed by atoms with E-state index < -0.39 is 0 Å². The number of nitrogens with zero attached hydrogens (tertiary/aromatic N) is 3. The predicted octanol–water partition coefficient (Wildman–Crippen LogP) is 5.38. The molecule has 1 aliphatic heterocycles. The summed E-state index contributed by atoms with van der Waals surface area (Å²) in [5.41, 5.74) is 4.67. The van der Waals surface area contributed by atoms with E-state index >= 15 is 0 Å². The van der Waals surface area contributed by atoms with Gasteiger partial charge in [0.1, 0.15) is 0 Å². The van der Waals surface area contributed by atoms with E-state index in [-0.39, 0.29) is 0 Å². The van der Waals surface area contributed by atoms with Crippen LogP contribution in [0.5, 0.6) is 0 Å². The lowest BCUT2D eigenvalue weighted by molar-refractivity contribution is 0.218. The molecule has 1 saturated heterocycles. The molecule has 1 atom stereocenters. The Morgan fingerprint density at radius 3 is 2.60 bits per heavy atom. The van der Waals surface area contributed by atoms with E-state index in [4.69, 9.17) is 4.98 Å². The van der Waals surface area contributed by atoms with Crippen molar-refractivity contribution in [2.24, 2.45) is 5.92 Å². The van der Waals surface area contributed by atoms with Gasteiger partial charge in [0.25, 0.3) is 0 Å². The Morgan fingerprint density at radius 2 is 2.04 bits per heavy atom. The molecule has 136 valence electrons. The van der Waals surface area contributed by atoms with Crippen LogP contribution in [0.2, 0.25) is 0 Å². The number of pyridine rings is 1. The summed E-state index contributed by atoms with van der Waals surface area (Å²) in [6.07, 6.45) is 7.33. The number of likely N-dealkylation sites (tertiary alicyclic amines) is 1. The summed E-state index contributed by atoms with van der Waals surface area (Å²) in [4.78, 5) is 7.26. The zero-order valence-corrected chi connectivity index (χ0v) is 16.7. The van der Waals surface area contributed by atoms with Crippen LogP contribution >= 0.6 is 0 Å². The standard InChI is InChI=1S/C20H27N3.C2H6/c1-6-16(7-2)17-8-9-19-18(21-17)10-11-23(19)14-15-12-20(3,4)22(5)13-15;1-2/h6-11,15H,1,12-14H2,2-5H3;1-2H3/b16-7+;. The molecule has 0 N–H and O–H groups in total. The van der Waals surface area contributed by atoms with Crippen molar-refractivity contribution < 1.29 is 0 Å². The Labute approximate surface area is 153 Å². The van der Waals surface area contributed by atoms with E-state index in [0.717, 1.165) is 29.9 Å². The molecular weight excluding hydrogens is 306 g/mol. The molecule has 0 aromatic carbocycles. The van der Waals surface area contributed by atoms with Gasteiger partial charge in [0.2, 0.25) is 0 Å². The van der Waals surface area contributed by atoms with Gasteiger partial charge in [-0.1, -0.05) is 32.6 Å². The molecule has 3 heterocycles. The lowest BCUT2D eigenvalue weighted by Crippen LogP contribution is -2.34. The van der Waals surface area contributed by atoms with Crippen LogP contribution in [-0.4, -0.2) is 33.6 Å². The molecule has 0 bridgehead atoms. The number of rotatable bonds is 4. The molecule has 0 radical (unpaired) electrons. The maximum atomic E-state index is 4.79. The third-order valence-electron chi connectivity index (χ3n) is 5.26. The maximum absolute atomic E-state index is 4.79. The van der Waals surface area contributed by atoms with Crippen LogP contribution in [0.3, 0.4) is 0 Å². The predicted molar refractivity (Wildman–Crippen MR) is 110 cm³/mol.